The van der Waals surface area contributed by atoms with Crippen molar-refractivity contribution in [2.24, 2.45) is 12.8 Å². The Kier molecular flexibility index (Phi) is 2.26. The summed E-state index contributed by atoms with van der Waals surface area (Å²) in [5.41, 5.74) is 6.94. The Morgan fingerprint density at radius 3 is 2.81 bits per heavy atom. The van der Waals surface area contributed by atoms with E-state index in [1.807, 2.05) is 6.92 Å². The summed E-state index contributed by atoms with van der Waals surface area (Å²) in [7, 11) is 3.28. The summed E-state index contributed by atoms with van der Waals surface area (Å²) in [6, 6.07) is 0. The van der Waals surface area contributed by atoms with Crippen LogP contribution in [0.4, 0.5) is 0 Å². The van der Waals surface area contributed by atoms with Crippen LogP contribution in [0.25, 0.3) is 11.0 Å². The van der Waals surface area contributed by atoms with Crippen LogP contribution in [0.2, 0.25) is 0 Å². The monoisotopic (exact) mass is 220 g/mol. The van der Waals surface area contributed by atoms with Crippen LogP contribution in [0.5, 0.6) is 5.75 Å². The van der Waals surface area contributed by atoms with Crippen molar-refractivity contribution in [3.63, 3.8) is 0 Å². The predicted octanol–water partition coefficient (Wildman–Crippen LogP) is 0.384. The van der Waals surface area contributed by atoms with Crippen LogP contribution >= 0.6 is 0 Å². The van der Waals surface area contributed by atoms with Crippen LogP contribution in [-0.4, -0.2) is 27.8 Å². The minimum absolute atomic E-state index is 0.270. The smallest absolute Gasteiger partial charge is 0.254 e. The highest BCUT2D eigenvalue weighted by atomic mass is 16.5. The molecule has 2 N–H and O–H groups in total. The molecule has 6 nitrogen and oxygen atoms in total. The standard InChI is InChI=1S/C10H12N4O2/c1-5-7-8(16-3)6(9(11)15)4-12-10(7)14(2)13-5/h4H,1-3H3,(H2,11,15). The number of hydrogen-bond acceptors (Lipinski definition) is 4. The predicted molar refractivity (Wildman–Crippen MR) is 58.3 cm³/mol. The van der Waals surface area contributed by atoms with Gasteiger partial charge in [0.25, 0.3) is 5.91 Å². The molecule has 0 bridgehead atoms. The van der Waals surface area contributed by atoms with Gasteiger partial charge in [-0.05, 0) is 6.92 Å². The Balaban J connectivity index is 2.90. The van der Waals surface area contributed by atoms with Gasteiger partial charge in [0.15, 0.2) is 5.65 Å². The quantitative estimate of drug-likeness (QED) is 0.793. The van der Waals surface area contributed by atoms with E-state index in [0.29, 0.717) is 11.4 Å². The van der Waals surface area contributed by atoms with Gasteiger partial charge in [0.2, 0.25) is 0 Å². The van der Waals surface area contributed by atoms with Crippen LogP contribution in [0.3, 0.4) is 0 Å². The Morgan fingerprint density at radius 2 is 2.25 bits per heavy atom. The summed E-state index contributed by atoms with van der Waals surface area (Å²) < 4.78 is 6.86. The van der Waals surface area contributed by atoms with Crippen LogP contribution in [-0.2, 0) is 7.05 Å². The van der Waals surface area contributed by atoms with Crippen LogP contribution in [0, 0.1) is 6.92 Å². The lowest BCUT2D eigenvalue weighted by Crippen LogP contribution is -2.13. The number of hydrogen-bond donors (Lipinski definition) is 1. The summed E-state index contributed by atoms with van der Waals surface area (Å²) >= 11 is 0. The highest BCUT2D eigenvalue weighted by Crippen LogP contribution is 2.29. The second-order valence-electron chi connectivity index (χ2n) is 3.48. The van der Waals surface area contributed by atoms with Crippen molar-refractivity contribution in [3.05, 3.63) is 17.5 Å². The molecule has 2 heterocycles. The molecule has 0 spiro atoms. The van der Waals surface area contributed by atoms with Crippen molar-refractivity contribution in [2.45, 2.75) is 6.92 Å². The highest BCUT2D eigenvalue weighted by molar-refractivity contribution is 6.01. The minimum atomic E-state index is -0.561. The van der Waals surface area contributed by atoms with Gasteiger partial charge in [-0.2, -0.15) is 5.10 Å². The molecule has 2 aromatic heterocycles. The number of aromatic nitrogens is 3. The van der Waals surface area contributed by atoms with Crippen molar-refractivity contribution < 1.29 is 9.53 Å². The molecule has 6 heteroatoms. The van der Waals surface area contributed by atoms with E-state index in [1.54, 1.807) is 11.7 Å². The summed E-state index contributed by atoms with van der Waals surface area (Å²) in [5.74, 6) is -0.127. The third-order valence-corrected chi connectivity index (χ3v) is 2.45. The molecular formula is C10H12N4O2. The molecule has 0 saturated carbocycles. The number of aryl methyl sites for hydroxylation is 2. The Bertz CT molecular complexity index is 574. The van der Waals surface area contributed by atoms with Gasteiger partial charge in [-0.15, -0.1) is 0 Å². The maximum absolute atomic E-state index is 11.2. The average Bonchev–Trinajstić information content (AvgIpc) is 2.53. The number of nitrogens with two attached hydrogens (primary N) is 1. The number of fused-ring (bicyclic) bond motifs is 1. The molecular weight excluding hydrogens is 208 g/mol. The highest BCUT2D eigenvalue weighted by Gasteiger charge is 2.18. The van der Waals surface area contributed by atoms with E-state index in [2.05, 4.69) is 10.1 Å². The van der Waals surface area contributed by atoms with Gasteiger partial charge in [0.1, 0.15) is 11.3 Å². The van der Waals surface area contributed by atoms with E-state index in [-0.39, 0.29) is 5.56 Å². The van der Waals surface area contributed by atoms with E-state index < -0.39 is 5.91 Å². The van der Waals surface area contributed by atoms with E-state index in [4.69, 9.17) is 10.5 Å². The first-order valence-corrected chi connectivity index (χ1v) is 4.72. The van der Waals surface area contributed by atoms with Crippen molar-refractivity contribution in [2.75, 3.05) is 7.11 Å². The van der Waals surface area contributed by atoms with Crippen molar-refractivity contribution in [1.82, 2.24) is 14.8 Å². The Hall–Kier alpha value is -2.11. The van der Waals surface area contributed by atoms with Gasteiger partial charge in [-0.1, -0.05) is 0 Å². The molecule has 0 aliphatic rings. The molecule has 2 rings (SSSR count). The number of methoxy groups -OCH3 is 1. The molecule has 0 aromatic carbocycles. The molecule has 0 saturated heterocycles. The zero-order chi connectivity index (χ0) is 11.9. The maximum atomic E-state index is 11.2. The molecule has 1 amide bonds. The number of nitrogens with zero attached hydrogens (tertiary/aromatic N) is 3. The largest absolute Gasteiger partial charge is 0.495 e. The van der Waals surface area contributed by atoms with Gasteiger partial charge >= 0.3 is 0 Å². The number of rotatable bonds is 2. The summed E-state index contributed by atoms with van der Waals surface area (Å²) in [4.78, 5) is 15.4. The zero-order valence-electron chi connectivity index (χ0n) is 9.31. The van der Waals surface area contributed by atoms with E-state index >= 15 is 0 Å². The number of pyridine rings is 1. The minimum Gasteiger partial charge on any atom is -0.495 e. The third kappa shape index (κ3) is 1.30. The molecule has 0 aliphatic heterocycles. The number of amides is 1. The van der Waals surface area contributed by atoms with E-state index in [0.717, 1.165) is 11.1 Å². The zero-order valence-corrected chi connectivity index (χ0v) is 9.31. The van der Waals surface area contributed by atoms with Crippen molar-refractivity contribution >= 4 is 16.9 Å². The van der Waals surface area contributed by atoms with Gasteiger partial charge in [0.05, 0.1) is 18.2 Å². The fourth-order valence-corrected chi connectivity index (χ4v) is 1.77. The first-order valence-electron chi connectivity index (χ1n) is 4.72. The molecule has 2 aromatic rings. The fraction of sp³-hybridized carbons (Fsp3) is 0.300. The second-order valence-corrected chi connectivity index (χ2v) is 3.48. The summed E-state index contributed by atoms with van der Waals surface area (Å²) in [6.07, 6.45) is 1.41. The van der Waals surface area contributed by atoms with Gasteiger partial charge < -0.3 is 10.5 Å². The number of carbonyl (C=O) groups is 1. The molecule has 0 aliphatic carbocycles. The Morgan fingerprint density at radius 1 is 1.56 bits per heavy atom. The van der Waals surface area contributed by atoms with E-state index in [1.165, 1.54) is 13.3 Å². The van der Waals surface area contributed by atoms with Crippen LogP contribution in [0.1, 0.15) is 16.1 Å². The van der Waals surface area contributed by atoms with Crippen LogP contribution < -0.4 is 10.5 Å². The normalized spacial score (nSPS) is 10.7. The lowest BCUT2D eigenvalue weighted by Gasteiger charge is -2.06. The lowest BCUT2D eigenvalue weighted by molar-refractivity contribution is 0.0997. The van der Waals surface area contributed by atoms with Gasteiger partial charge in [-0.3, -0.25) is 9.48 Å². The molecule has 84 valence electrons. The van der Waals surface area contributed by atoms with Crippen molar-refractivity contribution in [3.8, 4) is 5.75 Å². The number of ether oxygens (including phenoxy) is 1. The molecule has 0 atom stereocenters. The first kappa shape index (κ1) is 10.4. The van der Waals surface area contributed by atoms with Gasteiger partial charge in [0, 0.05) is 13.2 Å². The molecule has 0 fully saturated rings. The van der Waals surface area contributed by atoms with Crippen molar-refractivity contribution in [1.29, 1.82) is 0 Å². The maximum Gasteiger partial charge on any atom is 0.254 e. The fourth-order valence-electron chi connectivity index (χ4n) is 1.77. The third-order valence-electron chi connectivity index (χ3n) is 2.45. The van der Waals surface area contributed by atoms with Gasteiger partial charge in [-0.25, -0.2) is 4.98 Å². The number of primary amides is 1. The summed E-state index contributed by atoms with van der Waals surface area (Å²) in [6.45, 7) is 1.83. The topological polar surface area (TPSA) is 83.0 Å². The lowest BCUT2D eigenvalue weighted by atomic mass is 10.1. The molecule has 0 radical (unpaired) electrons. The molecule has 0 unspecified atom stereocenters. The Labute approximate surface area is 92.0 Å². The molecule has 16 heavy (non-hydrogen) atoms. The second kappa shape index (κ2) is 3.48. The van der Waals surface area contributed by atoms with E-state index in [9.17, 15) is 4.79 Å². The SMILES string of the molecule is COc1c(C(N)=O)cnc2c1c(C)nn2C. The first-order chi connectivity index (χ1) is 7.56. The summed E-state index contributed by atoms with van der Waals surface area (Å²) in [5, 5.41) is 4.94. The number of carbonyl (C=O) groups excluding carboxylic acids is 1. The van der Waals surface area contributed by atoms with Crippen LogP contribution in [0.15, 0.2) is 6.20 Å². The average molecular weight is 220 g/mol.